The standard InChI is InChI=1S/C32H33F4N7O/c1-21-4-6-24(15-23(21)7-5-22-14-29(33)30(39-18-22)40-27(17-37)19-38-2)31(44)41-26-9-8-25(28(16-26)32(34,35)36)20-43-12-10-42(3)11-13-43/h4,6,8-9,14-19H,10-13,20,37H2,1-3H3,(H,39,40)(H,41,44). The van der Waals surface area contributed by atoms with Gasteiger partial charge < -0.3 is 21.3 Å². The van der Waals surface area contributed by atoms with Crippen LogP contribution in [0.2, 0.25) is 0 Å². The molecular weight excluding hydrogens is 574 g/mol. The van der Waals surface area contributed by atoms with E-state index in [-0.39, 0.29) is 29.2 Å². The average Bonchev–Trinajstić information content (AvgIpc) is 2.99. The number of pyridine rings is 1. The fourth-order valence-electron chi connectivity index (χ4n) is 4.53. The molecule has 0 aliphatic carbocycles. The third-order valence-electron chi connectivity index (χ3n) is 7.06. The van der Waals surface area contributed by atoms with Crippen molar-refractivity contribution in [1.29, 1.82) is 0 Å². The third-order valence-corrected chi connectivity index (χ3v) is 7.06. The second kappa shape index (κ2) is 14.2. The minimum Gasteiger partial charge on any atom is -0.403 e. The van der Waals surface area contributed by atoms with Gasteiger partial charge in [-0.3, -0.25) is 14.7 Å². The van der Waals surface area contributed by atoms with E-state index in [1.807, 2.05) is 11.9 Å². The lowest BCUT2D eigenvalue weighted by molar-refractivity contribution is -0.138. The van der Waals surface area contributed by atoms with Crippen LogP contribution in [0.1, 0.15) is 38.2 Å². The Morgan fingerprint density at radius 3 is 2.50 bits per heavy atom. The second-order valence-corrected chi connectivity index (χ2v) is 10.4. The summed E-state index contributed by atoms with van der Waals surface area (Å²) < 4.78 is 56.5. The number of amides is 1. The number of anilines is 2. The molecule has 44 heavy (non-hydrogen) atoms. The van der Waals surface area contributed by atoms with Crippen molar-refractivity contribution in [3.63, 3.8) is 0 Å². The van der Waals surface area contributed by atoms with Gasteiger partial charge in [-0.2, -0.15) is 13.2 Å². The predicted molar refractivity (Wildman–Crippen MR) is 164 cm³/mol. The molecule has 0 atom stereocenters. The normalized spacial score (nSPS) is 14.8. The number of carbonyl (C=O) groups is 1. The smallest absolute Gasteiger partial charge is 0.403 e. The number of aromatic nitrogens is 1. The van der Waals surface area contributed by atoms with Gasteiger partial charge in [0.25, 0.3) is 5.91 Å². The van der Waals surface area contributed by atoms with Crippen LogP contribution >= 0.6 is 0 Å². The molecule has 2 heterocycles. The van der Waals surface area contributed by atoms with Crippen molar-refractivity contribution in [1.82, 2.24) is 14.8 Å². The van der Waals surface area contributed by atoms with Crippen LogP contribution in [-0.2, 0) is 12.7 Å². The Kier molecular flexibility index (Phi) is 10.4. The monoisotopic (exact) mass is 607 g/mol. The third kappa shape index (κ3) is 8.43. The summed E-state index contributed by atoms with van der Waals surface area (Å²) in [6, 6.07) is 9.85. The summed E-state index contributed by atoms with van der Waals surface area (Å²) in [5.41, 5.74) is 7.01. The zero-order valence-electron chi connectivity index (χ0n) is 24.6. The molecule has 0 spiro atoms. The molecule has 1 aliphatic rings. The van der Waals surface area contributed by atoms with E-state index in [9.17, 15) is 22.4 Å². The fourth-order valence-corrected chi connectivity index (χ4v) is 4.53. The maximum absolute atomic E-state index is 14.6. The molecule has 0 unspecified atom stereocenters. The van der Waals surface area contributed by atoms with Crippen LogP contribution in [0.25, 0.3) is 0 Å². The summed E-state index contributed by atoms with van der Waals surface area (Å²) in [6.07, 6.45) is -0.549. The second-order valence-electron chi connectivity index (χ2n) is 10.4. The van der Waals surface area contributed by atoms with Crippen molar-refractivity contribution in [3.05, 3.63) is 99.8 Å². The highest BCUT2D eigenvalue weighted by Gasteiger charge is 2.34. The molecule has 0 bridgehead atoms. The average molecular weight is 608 g/mol. The van der Waals surface area contributed by atoms with Crippen molar-refractivity contribution >= 4 is 23.6 Å². The van der Waals surface area contributed by atoms with Crippen LogP contribution in [0.5, 0.6) is 0 Å². The molecule has 0 saturated carbocycles. The molecule has 1 aliphatic heterocycles. The highest BCUT2D eigenvalue weighted by Crippen LogP contribution is 2.34. The van der Waals surface area contributed by atoms with Gasteiger partial charge >= 0.3 is 6.18 Å². The van der Waals surface area contributed by atoms with E-state index in [1.54, 1.807) is 26.1 Å². The first-order valence-corrected chi connectivity index (χ1v) is 13.8. The molecule has 1 amide bonds. The largest absolute Gasteiger partial charge is 0.416 e. The molecule has 230 valence electrons. The van der Waals surface area contributed by atoms with E-state index >= 15 is 0 Å². The number of nitrogens with two attached hydrogens (primary N) is 1. The van der Waals surface area contributed by atoms with E-state index in [2.05, 4.69) is 37.4 Å². The number of hydrogen-bond donors (Lipinski definition) is 3. The molecule has 4 N–H and O–H groups in total. The number of halogens is 4. The minimum absolute atomic E-state index is 0.0331. The number of rotatable bonds is 7. The zero-order valence-corrected chi connectivity index (χ0v) is 24.6. The number of nitrogens with one attached hydrogen (secondary N) is 2. The number of allylic oxidation sites excluding steroid dienone is 1. The molecule has 1 aromatic heterocycles. The van der Waals surface area contributed by atoms with Gasteiger partial charge in [0.2, 0.25) is 0 Å². The Bertz CT molecular complexity index is 1630. The molecule has 1 saturated heterocycles. The number of likely N-dealkylation sites (N-methyl/N-ethyl adjacent to an activating group) is 1. The summed E-state index contributed by atoms with van der Waals surface area (Å²) >= 11 is 0. The van der Waals surface area contributed by atoms with Crippen LogP contribution in [0.3, 0.4) is 0 Å². The van der Waals surface area contributed by atoms with E-state index in [0.29, 0.717) is 29.9 Å². The Morgan fingerprint density at radius 1 is 1.09 bits per heavy atom. The SMILES string of the molecule is CN=CC(=CN)Nc1ncc(C#Cc2cc(C(=O)Nc3ccc(CN4CCN(C)CC4)c(C(F)(F)F)c3)ccc2C)cc1F. The van der Waals surface area contributed by atoms with Gasteiger partial charge in [-0.1, -0.05) is 24.0 Å². The lowest BCUT2D eigenvalue weighted by Gasteiger charge is -2.33. The van der Waals surface area contributed by atoms with Gasteiger partial charge in [-0.25, -0.2) is 9.37 Å². The zero-order chi connectivity index (χ0) is 31.9. The predicted octanol–water partition coefficient (Wildman–Crippen LogP) is 4.86. The van der Waals surface area contributed by atoms with Crippen molar-refractivity contribution in [2.75, 3.05) is 50.9 Å². The van der Waals surface area contributed by atoms with Crippen LogP contribution in [-0.4, -0.2) is 67.2 Å². The van der Waals surface area contributed by atoms with Gasteiger partial charge in [-0.05, 0) is 55.4 Å². The number of aliphatic imine (C=N–C) groups is 1. The maximum Gasteiger partial charge on any atom is 0.416 e. The van der Waals surface area contributed by atoms with Crippen molar-refractivity contribution in [2.24, 2.45) is 10.7 Å². The van der Waals surface area contributed by atoms with Crippen LogP contribution in [0, 0.1) is 24.6 Å². The van der Waals surface area contributed by atoms with E-state index < -0.39 is 23.5 Å². The number of benzene rings is 2. The lowest BCUT2D eigenvalue weighted by atomic mass is 10.0. The first-order valence-electron chi connectivity index (χ1n) is 13.8. The maximum atomic E-state index is 14.6. The van der Waals surface area contributed by atoms with Crippen LogP contribution in [0.4, 0.5) is 29.1 Å². The molecule has 12 heteroatoms. The number of alkyl halides is 3. The Balaban J connectivity index is 1.50. The summed E-state index contributed by atoms with van der Waals surface area (Å²) in [4.78, 5) is 25.0. The summed E-state index contributed by atoms with van der Waals surface area (Å²) in [7, 11) is 3.53. The van der Waals surface area contributed by atoms with Crippen molar-refractivity contribution in [2.45, 2.75) is 19.6 Å². The fraction of sp³-hybridized carbons (Fsp3) is 0.281. The number of piperazine rings is 1. The van der Waals surface area contributed by atoms with Gasteiger partial charge in [0, 0.05) is 80.8 Å². The van der Waals surface area contributed by atoms with E-state index in [1.165, 1.54) is 42.9 Å². The first kappa shape index (κ1) is 32.2. The highest BCUT2D eigenvalue weighted by atomic mass is 19.4. The summed E-state index contributed by atoms with van der Waals surface area (Å²) in [6.45, 7) is 4.91. The topological polar surface area (TPSA) is 98.9 Å². The molecule has 8 nitrogen and oxygen atoms in total. The lowest BCUT2D eigenvalue weighted by Crippen LogP contribution is -2.44. The number of aryl methyl sites for hydroxylation is 1. The summed E-state index contributed by atoms with van der Waals surface area (Å²) in [5, 5.41) is 5.30. The number of nitrogens with zero attached hydrogens (tertiary/aromatic N) is 4. The van der Waals surface area contributed by atoms with Crippen molar-refractivity contribution < 1.29 is 22.4 Å². The van der Waals surface area contributed by atoms with Gasteiger partial charge in [0.1, 0.15) is 0 Å². The summed E-state index contributed by atoms with van der Waals surface area (Å²) in [5.74, 6) is 4.46. The molecule has 4 rings (SSSR count). The van der Waals surface area contributed by atoms with Crippen molar-refractivity contribution in [3.8, 4) is 11.8 Å². The highest BCUT2D eigenvalue weighted by molar-refractivity contribution is 6.04. The van der Waals surface area contributed by atoms with Crippen LogP contribution < -0.4 is 16.4 Å². The number of carbonyl (C=O) groups excluding carboxylic acids is 1. The molecule has 1 fully saturated rings. The van der Waals surface area contributed by atoms with E-state index in [0.717, 1.165) is 24.7 Å². The van der Waals surface area contributed by atoms with Gasteiger partial charge in [-0.15, -0.1) is 0 Å². The Hall–Kier alpha value is -4.73. The molecule has 2 aromatic carbocycles. The minimum atomic E-state index is -4.58. The van der Waals surface area contributed by atoms with Gasteiger partial charge in [0.15, 0.2) is 11.6 Å². The quantitative estimate of drug-likeness (QED) is 0.202. The van der Waals surface area contributed by atoms with Gasteiger partial charge in [0.05, 0.1) is 11.3 Å². The van der Waals surface area contributed by atoms with Crippen LogP contribution in [0.15, 0.2) is 65.6 Å². The Labute approximate surface area is 253 Å². The first-order chi connectivity index (χ1) is 21.0. The molecule has 3 aromatic rings. The van der Waals surface area contributed by atoms with E-state index in [4.69, 9.17) is 5.73 Å². The molecule has 0 radical (unpaired) electrons. The number of hydrogen-bond acceptors (Lipinski definition) is 7. The molecular formula is C32H33F4N7O. The Morgan fingerprint density at radius 2 is 1.84 bits per heavy atom.